The molecule has 3 rings (SSSR count). The van der Waals surface area contributed by atoms with Crippen LogP contribution in [0.2, 0.25) is 0 Å². The molecular formula is C17H21NO3. The third kappa shape index (κ3) is 2.81. The van der Waals surface area contributed by atoms with Gasteiger partial charge in [-0.05, 0) is 56.4 Å². The van der Waals surface area contributed by atoms with Crippen molar-refractivity contribution < 1.29 is 14.3 Å². The molecule has 21 heavy (non-hydrogen) atoms. The molecule has 1 amide bonds. The van der Waals surface area contributed by atoms with Crippen LogP contribution in [-0.4, -0.2) is 23.2 Å². The summed E-state index contributed by atoms with van der Waals surface area (Å²) in [5.74, 6) is 1.19. The van der Waals surface area contributed by atoms with Crippen LogP contribution >= 0.6 is 0 Å². The Balaban J connectivity index is 1.73. The summed E-state index contributed by atoms with van der Waals surface area (Å²) in [6, 6.07) is 7.58. The number of carbonyl (C=O) groups is 1. The molecule has 0 spiro atoms. The summed E-state index contributed by atoms with van der Waals surface area (Å²) in [7, 11) is 0. The van der Waals surface area contributed by atoms with Gasteiger partial charge in [-0.15, -0.1) is 0 Å². The van der Waals surface area contributed by atoms with E-state index in [9.17, 15) is 9.90 Å². The van der Waals surface area contributed by atoms with Gasteiger partial charge >= 0.3 is 0 Å². The van der Waals surface area contributed by atoms with Crippen molar-refractivity contribution in [3.8, 4) is 0 Å². The van der Waals surface area contributed by atoms with Gasteiger partial charge in [0.05, 0.1) is 6.10 Å². The van der Waals surface area contributed by atoms with E-state index in [1.165, 1.54) is 0 Å². The summed E-state index contributed by atoms with van der Waals surface area (Å²) in [5, 5.41) is 13.5. The van der Waals surface area contributed by atoms with E-state index >= 15 is 0 Å². The molecule has 1 aromatic heterocycles. The van der Waals surface area contributed by atoms with Gasteiger partial charge in [-0.1, -0.05) is 6.92 Å². The Morgan fingerprint density at radius 2 is 2.19 bits per heavy atom. The molecule has 0 radical (unpaired) electrons. The van der Waals surface area contributed by atoms with Crippen LogP contribution < -0.4 is 5.32 Å². The Morgan fingerprint density at radius 1 is 1.43 bits per heavy atom. The van der Waals surface area contributed by atoms with Gasteiger partial charge in [0.1, 0.15) is 11.3 Å². The number of benzene rings is 1. The smallest absolute Gasteiger partial charge is 0.251 e. The SMILES string of the molecule is CCC(NC(=O)c1ccc2oc(C)cc2c1)C1CC(O)C1. The summed E-state index contributed by atoms with van der Waals surface area (Å²) in [6.07, 6.45) is 2.28. The molecule has 1 aromatic carbocycles. The topological polar surface area (TPSA) is 62.5 Å². The molecule has 4 nitrogen and oxygen atoms in total. The summed E-state index contributed by atoms with van der Waals surface area (Å²) in [4.78, 5) is 12.4. The highest BCUT2D eigenvalue weighted by Crippen LogP contribution is 2.31. The number of rotatable bonds is 4. The minimum atomic E-state index is -0.189. The van der Waals surface area contributed by atoms with Gasteiger partial charge in [-0.25, -0.2) is 0 Å². The fourth-order valence-corrected chi connectivity index (χ4v) is 3.08. The Hall–Kier alpha value is -1.81. The molecule has 112 valence electrons. The summed E-state index contributed by atoms with van der Waals surface area (Å²) in [6.45, 7) is 3.97. The number of aryl methyl sites for hydroxylation is 1. The Labute approximate surface area is 124 Å². The molecule has 0 bridgehead atoms. The average molecular weight is 287 g/mol. The lowest BCUT2D eigenvalue weighted by atomic mass is 9.76. The molecule has 1 heterocycles. The lowest BCUT2D eigenvalue weighted by molar-refractivity contribution is 0.0232. The van der Waals surface area contributed by atoms with Crippen molar-refractivity contribution in [1.29, 1.82) is 0 Å². The van der Waals surface area contributed by atoms with Gasteiger partial charge in [0, 0.05) is 17.0 Å². The fourth-order valence-electron chi connectivity index (χ4n) is 3.08. The van der Waals surface area contributed by atoms with Crippen LogP contribution in [0.4, 0.5) is 0 Å². The molecule has 1 fully saturated rings. The molecular weight excluding hydrogens is 266 g/mol. The average Bonchev–Trinajstić information content (AvgIpc) is 2.80. The predicted octanol–water partition coefficient (Wildman–Crippen LogP) is 3.02. The van der Waals surface area contributed by atoms with Crippen LogP contribution in [0.1, 0.15) is 42.3 Å². The quantitative estimate of drug-likeness (QED) is 0.908. The van der Waals surface area contributed by atoms with Crippen LogP contribution in [0.25, 0.3) is 11.0 Å². The highest BCUT2D eigenvalue weighted by Gasteiger charge is 2.33. The molecule has 1 unspecified atom stereocenters. The number of hydrogen-bond donors (Lipinski definition) is 2. The Morgan fingerprint density at radius 3 is 2.86 bits per heavy atom. The first-order valence-corrected chi connectivity index (χ1v) is 7.56. The van der Waals surface area contributed by atoms with Crippen molar-refractivity contribution >= 4 is 16.9 Å². The molecule has 4 heteroatoms. The van der Waals surface area contributed by atoms with Gasteiger partial charge in [0.2, 0.25) is 0 Å². The fraction of sp³-hybridized carbons (Fsp3) is 0.471. The first-order valence-electron chi connectivity index (χ1n) is 7.56. The van der Waals surface area contributed by atoms with E-state index in [0.29, 0.717) is 11.5 Å². The number of hydrogen-bond acceptors (Lipinski definition) is 3. The lowest BCUT2D eigenvalue weighted by Crippen LogP contribution is -2.46. The monoisotopic (exact) mass is 287 g/mol. The van der Waals surface area contributed by atoms with Gasteiger partial charge in [-0.2, -0.15) is 0 Å². The number of furan rings is 1. The van der Waals surface area contributed by atoms with Crippen molar-refractivity contribution in [3.05, 3.63) is 35.6 Å². The number of carbonyl (C=O) groups excluding carboxylic acids is 1. The number of fused-ring (bicyclic) bond motifs is 1. The summed E-state index contributed by atoms with van der Waals surface area (Å²) >= 11 is 0. The maximum Gasteiger partial charge on any atom is 0.251 e. The second kappa shape index (κ2) is 5.53. The van der Waals surface area contributed by atoms with Crippen LogP contribution in [0.3, 0.4) is 0 Å². The summed E-state index contributed by atoms with van der Waals surface area (Å²) in [5.41, 5.74) is 1.46. The maximum atomic E-state index is 12.4. The maximum absolute atomic E-state index is 12.4. The van der Waals surface area contributed by atoms with Gasteiger partial charge in [0.25, 0.3) is 5.91 Å². The first kappa shape index (κ1) is 14.1. The third-order valence-corrected chi connectivity index (χ3v) is 4.38. The van der Waals surface area contributed by atoms with Crippen LogP contribution in [0, 0.1) is 12.8 Å². The zero-order chi connectivity index (χ0) is 15.0. The minimum absolute atomic E-state index is 0.0519. The van der Waals surface area contributed by atoms with Crippen LogP contribution in [0.15, 0.2) is 28.7 Å². The molecule has 0 saturated heterocycles. The van der Waals surface area contributed by atoms with Gasteiger partial charge < -0.3 is 14.8 Å². The number of aliphatic hydroxyl groups is 1. The van der Waals surface area contributed by atoms with E-state index in [1.54, 1.807) is 6.07 Å². The zero-order valence-corrected chi connectivity index (χ0v) is 12.4. The second-order valence-electron chi connectivity index (χ2n) is 5.98. The van der Waals surface area contributed by atoms with Gasteiger partial charge in [0.15, 0.2) is 0 Å². The highest BCUT2D eigenvalue weighted by molar-refractivity contribution is 5.98. The van der Waals surface area contributed by atoms with Crippen molar-refractivity contribution in [2.75, 3.05) is 0 Å². The molecule has 0 aliphatic heterocycles. The highest BCUT2D eigenvalue weighted by atomic mass is 16.3. The zero-order valence-electron chi connectivity index (χ0n) is 12.4. The third-order valence-electron chi connectivity index (χ3n) is 4.38. The van der Waals surface area contributed by atoms with Gasteiger partial charge in [-0.3, -0.25) is 4.79 Å². The first-order chi connectivity index (χ1) is 10.1. The standard InChI is InChI=1S/C17H21NO3/c1-3-15(12-8-14(19)9-12)18-17(20)11-4-5-16-13(7-11)6-10(2)21-16/h4-7,12,14-15,19H,3,8-9H2,1-2H3,(H,18,20). The summed E-state index contributed by atoms with van der Waals surface area (Å²) < 4.78 is 5.52. The van der Waals surface area contributed by atoms with Crippen molar-refractivity contribution in [3.63, 3.8) is 0 Å². The van der Waals surface area contributed by atoms with Crippen LogP contribution in [-0.2, 0) is 0 Å². The van der Waals surface area contributed by atoms with E-state index in [4.69, 9.17) is 4.42 Å². The normalized spacial score (nSPS) is 22.8. The molecule has 1 saturated carbocycles. The van der Waals surface area contributed by atoms with Crippen molar-refractivity contribution in [1.82, 2.24) is 5.32 Å². The van der Waals surface area contributed by atoms with E-state index < -0.39 is 0 Å². The van der Waals surface area contributed by atoms with E-state index in [0.717, 1.165) is 36.0 Å². The Bertz CT molecular complexity index is 655. The molecule has 2 aromatic rings. The van der Waals surface area contributed by atoms with Crippen molar-refractivity contribution in [2.45, 2.75) is 45.3 Å². The van der Waals surface area contributed by atoms with E-state index in [2.05, 4.69) is 12.2 Å². The largest absolute Gasteiger partial charge is 0.461 e. The lowest BCUT2D eigenvalue weighted by Gasteiger charge is -2.37. The minimum Gasteiger partial charge on any atom is -0.461 e. The second-order valence-corrected chi connectivity index (χ2v) is 5.98. The molecule has 2 N–H and O–H groups in total. The number of aliphatic hydroxyl groups excluding tert-OH is 1. The Kier molecular flexibility index (Phi) is 3.72. The molecule has 1 aliphatic rings. The molecule has 1 atom stereocenters. The number of nitrogens with one attached hydrogen (secondary N) is 1. The van der Waals surface area contributed by atoms with Crippen LogP contribution in [0.5, 0.6) is 0 Å². The molecule has 1 aliphatic carbocycles. The van der Waals surface area contributed by atoms with E-state index in [-0.39, 0.29) is 18.1 Å². The van der Waals surface area contributed by atoms with E-state index in [1.807, 2.05) is 25.1 Å². The predicted molar refractivity (Wildman–Crippen MR) is 81.2 cm³/mol. The van der Waals surface area contributed by atoms with Crippen molar-refractivity contribution in [2.24, 2.45) is 5.92 Å². The number of amides is 1.